The normalized spacial score (nSPS) is 15.5. The first-order valence-electron chi connectivity index (χ1n) is 14.2. The van der Waals surface area contributed by atoms with Crippen molar-refractivity contribution in [3.8, 4) is 0 Å². The zero-order valence-electron chi connectivity index (χ0n) is 27.6. The minimum absolute atomic E-state index is 0. The molecule has 0 unspecified atom stereocenters. The number of allylic oxidation sites excluding steroid dienone is 10. The second-order valence-corrected chi connectivity index (χ2v) is 11.3. The van der Waals surface area contributed by atoms with E-state index < -0.39 is 26.2 Å². The van der Waals surface area contributed by atoms with Gasteiger partial charge < -0.3 is 41.3 Å². The number of halogens is 8. The van der Waals surface area contributed by atoms with Crippen LogP contribution in [0.25, 0.3) is 0 Å². The Hall–Kier alpha value is -2.59. The molecular weight excluding hydrogens is 743 g/mol. The van der Waals surface area contributed by atoms with Gasteiger partial charge in [-0.2, -0.15) is 0 Å². The Kier molecular flexibility index (Phi) is 38.6. The van der Waals surface area contributed by atoms with Crippen molar-refractivity contribution in [2.75, 3.05) is 39.4 Å². The molecule has 2 saturated heterocycles. The first kappa shape index (κ1) is 63.5. The smallest absolute Gasteiger partial charge is 1.00 e. The van der Waals surface area contributed by atoms with Crippen LogP contribution in [0.2, 0.25) is 0 Å². The fraction of sp³-hybridized carbons (Fsp3) is 0.562. The minimum Gasteiger partial charge on any atom is -1.00 e. The average molecular weight is 800 g/mol. The summed E-state index contributed by atoms with van der Waals surface area (Å²) in [6, 6.07) is 0. The Bertz CT molecular complexity index is 1070. The maximum Gasteiger partial charge on any atom is 2.00 e. The molecule has 0 saturated carbocycles. The third kappa shape index (κ3) is 25.9. The summed E-state index contributed by atoms with van der Waals surface area (Å²) in [6.45, 7) is 12.5. The van der Waals surface area contributed by atoms with E-state index in [0.29, 0.717) is 11.1 Å². The zero-order valence-corrected chi connectivity index (χ0v) is 30.6. The largest absolute Gasteiger partial charge is 2.00 e. The van der Waals surface area contributed by atoms with Gasteiger partial charge in [0.25, 0.3) is 0 Å². The minimum atomic E-state index is -3.67. The van der Waals surface area contributed by atoms with E-state index in [-0.39, 0.29) is 68.2 Å². The summed E-state index contributed by atoms with van der Waals surface area (Å²) in [6.07, 6.45) is 19.3. The van der Waals surface area contributed by atoms with Crippen molar-refractivity contribution in [2.24, 2.45) is 11.5 Å². The van der Waals surface area contributed by atoms with Gasteiger partial charge in [-0.3, -0.25) is 25.9 Å². The van der Waals surface area contributed by atoms with Crippen LogP contribution < -0.4 is 31.1 Å². The molecule has 2 aliphatic heterocycles. The van der Waals surface area contributed by atoms with Gasteiger partial charge in [0.1, 0.15) is 26.3 Å². The quantitative estimate of drug-likeness (QED) is 0.143. The van der Waals surface area contributed by atoms with E-state index in [1.165, 1.54) is 25.0 Å². The molecule has 4 aliphatic rings. The fourth-order valence-electron chi connectivity index (χ4n) is 4.36. The van der Waals surface area contributed by atoms with Crippen LogP contribution in [0.4, 0.5) is 25.9 Å². The molecule has 0 aromatic carbocycles. The fourth-order valence-corrected chi connectivity index (χ4v) is 4.36. The van der Waals surface area contributed by atoms with E-state index in [9.17, 15) is 36.1 Å². The van der Waals surface area contributed by atoms with Gasteiger partial charge in [-0.15, -0.1) is 11.5 Å². The van der Waals surface area contributed by atoms with Crippen molar-refractivity contribution in [1.29, 1.82) is 0 Å². The van der Waals surface area contributed by atoms with Crippen molar-refractivity contribution in [1.82, 2.24) is 0 Å². The van der Waals surface area contributed by atoms with Gasteiger partial charge in [0.05, 0.1) is 0 Å². The zero-order chi connectivity index (χ0) is 33.5. The van der Waals surface area contributed by atoms with Gasteiger partial charge in [0.15, 0.2) is 24.5 Å². The topological polar surface area (TPSA) is 145 Å². The van der Waals surface area contributed by atoms with Crippen LogP contribution >= 0.6 is 0 Å². The molecule has 0 aromatic heterocycles. The van der Waals surface area contributed by atoms with Crippen LogP contribution in [0.1, 0.15) is 69.2 Å². The standard InChI is InChI=1S/C15H22N2O.C14H20N2O2.3CH4.2BF3.2FH.H2O.Zn/c1-15(2,16)14(18)12-6-8-13(9-7-12)17-10-4-3-5-11-17;1-14(2,15)13(17)11-3-5-12(6-4-11)16-7-9-18-10-8-16;;;;2*2-1(3)4;;;;/h6-9H,3-5,10-11,16H2,1-2H3;3-6H,7-10,15H2,1-2H3;3*1H4;;;2*1H;1H2;/q;;;;;;;;;;+2/p-2. The molecular formula is C32H56B2F8N4O4Zn. The second kappa shape index (κ2) is 31.0. The van der Waals surface area contributed by atoms with E-state index in [1.54, 1.807) is 27.7 Å². The average Bonchev–Trinajstić information content (AvgIpc) is 2.96. The maximum atomic E-state index is 12.0. The SMILES string of the molecule is C.C.C.CC(C)(N)C([O-])=C1C=CC(=[N+]2CCCCC2)C=C1.CC(C)(N)C([O-])=C1C=CC(=[N+]2CCOCC2)C=C1.FB(F)F.FB(F)F.O.[F-].[F-].[Zn+2]. The van der Waals surface area contributed by atoms with Gasteiger partial charge in [-0.25, -0.2) is 9.15 Å². The van der Waals surface area contributed by atoms with Crippen LogP contribution in [0.15, 0.2) is 71.3 Å². The summed E-state index contributed by atoms with van der Waals surface area (Å²) in [5, 5.41) is 24.0. The molecule has 0 bridgehead atoms. The summed E-state index contributed by atoms with van der Waals surface area (Å²) < 4.78 is 68.0. The number of nitrogens with two attached hydrogens (primary N) is 2. The molecule has 2 aliphatic carbocycles. The van der Waals surface area contributed by atoms with Crippen LogP contribution in [0.3, 0.4) is 0 Å². The Labute approximate surface area is 312 Å². The third-order valence-corrected chi connectivity index (χ3v) is 6.53. The number of hydrogen-bond acceptors (Lipinski definition) is 5. The molecule has 0 spiro atoms. The summed E-state index contributed by atoms with van der Waals surface area (Å²) in [5.41, 5.74) is 13.7. The Morgan fingerprint density at radius 2 is 0.863 bits per heavy atom. The van der Waals surface area contributed by atoms with Gasteiger partial charge in [-0.05, 0) is 69.6 Å². The molecule has 2 fully saturated rings. The van der Waals surface area contributed by atoms with Crippen LogP contribution in [-0.4, -0.2) is 91.6 Å². The van der Waals surface area contributed by atoms with Gasteiger partial charge >= 0.3 is 34.6 Å². The van der Waals surface area contributed by atoms with Crippen molar-refractivity contribution < 1.29 is 84.4 Å². The van der Waals surface area contributed by atoms with Crippen LogP contribution in [0, 0.1) is 0 Å². The third-order valence-electron chi connectivity index (χ3n) is 6.53. The van der Waals surface area contributed by atoms with Gasteiger partial charge in [0.2, 0.25) is 0 Å². The van der Waals surface area contributed by atoms with E-state index in [1.807, 2.05) is 48.6 Å². The molecule has 0 aromatic rings. The van der Waals surface area contributed by atoms with Crippen molar-refractivity contribution in [3.63, 3.8) is 0 Å². The summed E-state index contributed by atoms with van der Waals surface area (Å²) in [7, 11) is -7.33. The second-order valence-electron chi connectivity index (χ2n) is 11.3. The first-order valence-corrected chi connectivity index (χ1v) is 14.2. The van der Waals surface area contributed by atoms with E-state index >= 15 is 0 Å². The number of ether oxygens (including phenoxy) is 1. The van der Waals surface area contributed by atoms with Crippen molar-refractivity contribution >= 4 is 26.5 Å². The molecule has 0 atom stereocenters. The van der Waals surface area contributed by atoms with E-state index in [2.05, 4.69) is 9.15 Å². The van der Waals surface area contributed by atoms with Gasteiger partial charge in [0, 0.05) is 48.2 Å². The summed E-state index contributed by atoms with van der Waals surface area (Å²) in [4.78, 5) is 0. The first-order chi connectivity index (χ1) is 20.4. The molecule has 0 amide bonds. The molecule has 51 heavy (non-hydrogen) atoms. The Morgan fingerprint density at radius 1 is 0.608 bits per heavy atom. The number of morpholine rings is 1. The molecule has 4 rings (SSSR count). The molecule has 0 radical (unpaired) electrons. The Balaban J connectivity index is -0.000000113. The van der Waals surface area contributed by atoms with Crippen LogP contribution in [-0.2, 0) is 24.2 Å². The predicted molar refractivity (Wildman–Crippen MR) is 184 cm³/mol. The molecule has 2 heterocycles. The molecule has 8 nitrogen and oxygen atoms in total. The number of nitrogens with zero attached hydrogens (tertiary/aromatic N) is 2. The van der Waals surface area contributed by atoms with E-state index in [4.69, 9.17) is 16.2 Å². The summed E-state index contributed by atoms with van der Waals surface area (Å²) in [5.74, 6) is -0.0382. The summed E-state index contributed by atoms with van der Waals surface area (Å²) >= 11 is 0. The molecule has 19 heteroatoms. The van der Waals surface area contributed by atoms with Gasteiger partial charge in [-0.1, -0.05) is 22.3 Å². The van der Waals surface area contributed by atoms with E-state index in [0.717, 1.165) is 45.1 Å². The van der Waals surface area contributed by atoms with Crippen LogP contribution in [0.5, 0.6) is 0 Å². The number of rotatable bonds is 2. The molecule has 6 N–H and O–H groups in total. The van der Waals surface area contributed by atoms with Crippen molar-refractivity contribution in [2.45, 2.75) is 80.3 Å². The Morgan fingerprint density at radius 3 is 1.12 bits per heavy atom. The predicted octanol–water partition coefficient (Wildman–Crippen LogP) is -2.10. The monoisotopic (exact) mass is 798 g/mol. The molecule has 292 valence electrons. The maximum absolute atomic E-state index is 12.0. The van der Waals surface area contributed by atoms with Crippen molar-refractivity contribution in [3.05, 3.63) is 71.3 Å². The number of piperidine rings is 1. The number of hydrogen-bond donors (Lipinski definition) is 2.